The third-order valence-electron chi connectivity index (χ3n) is 1.66. The highest BCUT2D eigenvalue weighted by molar-refractivity contribution is 4.68. The zero-order valence-corrected chi connectivity index (χ0v) is 7.32. The molecule has 0 aromatic rings. The van der Waals surface area contributed by atoms with Gasteiger partial charge in [0.1, 0.15) is 0 Å². The molecule has 0 nitrogen and oxygen atoms in total. The van der Waals surface area contributed by atoms with Crippen LogP contribution in [0.3, 0.4) is 0 Å². The maximum absolute atomic E-state index is 3.03. The molecule has 0 aliphatic carbocycles. The molecule has 0 unspecified atom stereocenters. The Morgan fingerprint density at radius 1 is 1.10 bits per heavy atom. The summed E-state index contributed by atoms with van der Waals surface area (Å²) in [5.41, 5.74) is 0. The highest BCUT2D eigenvalue weighted by atomic mass is 13.9. The summed E-state index contributed by atoms with van der Waals surface area (Å²) in [7, 11) is 0. The summed E-state index contributed by atoms with van der Waals surface area (Å²) in [5.74, 6) is 0. The minimum absolute atomic E-state index is 1.22. The van der Waals surface area contributed by atoms with Gasteiger partial charge in [0.15, 0.2) is 0 Å². The molecule has 0 aromatic heterocycles. The van der Waals surface area contributed by atoms with E-state index in [1.165, 1.54) is 38.5 Å². The van der Waals surface area contributed by atoms with E-state index in [-0.39, 0.29) is 0 Å². The van der Waals surface area contributed by atoms with Crippen LogP contribution in [0.4, 0.5) is 0 Å². The van der Waals surface area contributed by atoms with Crippen LogP contribution in [-0.4, -0.2) is 0 Å². The third kappa shape index (κ3) is 7.74. The molecule has 10 heavy (non-hydrogen) atoms. The molecule has 1 radical (unpaired) electrons. The van der Waals surface area contributed by atoms with Crippen molar-refractivity contribution in [2.75, 3.05) is 0 Å². The number of hydrogen-bond acceptors (Lipinski definition) is 0. The van der Waals surface area contributed by atoms with Crippen molar-refractivity contribution >= 4 is 0 Å². The molecule has 0 fully saturated rings. The van der Waals surface area contributed by atoms with E-state index in [0.29, 0.717) is 0 Å². The maximum Gasteiger partial charge on any atom is -0.0345 e. The molecular weight excluding hydrogens is 120 g/mol. The molecule has 0 aliphatic rings. The Balaban J connectivity index is 2.77. The van der Waals surface area contributed by atoms with Gasteiger partial charge >= 0.3 is 0 Å². The van der Waals surface area contributed by atoms with E-state index < -0.39 is 0 Å². The van der Waals surface area contributed by atoms with Gasteiger partial charge in [-0.2, -0.15) is 0 Å². The minimum atomic E-state index is 1.22. The number of unbranched alkanes of at least 4 members (excludes halogenated alkanes) is 5. The Labute approximate surface area is 65.3 Å². The first-order valence-corrected chi connectivity index (χ1v) is 4.40. The van der Waals surface area contributed by atoms with Crippen LogP contribution in [0.1, 0.15) is 52.4 Å². The fourth-order valence-corrected chi connectivity index (χ4v) is 0.994. The normalized spacial score (nSPS) is 11.0. The topological polar surface area (TPSA) is 0 Å². The Morgan fingerprint density at radius 3 is 2.40 bits per heavy atom. The van der Waals surface area contributed by atoms with Crippen LogP contribution < -0.4 is 0 Å². The lowest BCUT2D eigenvalue weighted by molar-refractivity contribution is 0.637. The molecule has 0 heteroatoms. The lowest BCUT2D eigenvalue weighted by Gasteiger charge is -1.94. The van der Waals surface area contributed by atoms with Crippen molar-refractivity contribution in [1.82, 2.24) is 0 Å². The van der Waals surface area contributed by atoms with E-state index in [4.69, 9.17) is 0 Å². The minimum Gasteiger partial charge on any atom is -0.0813 e. The van der Waals surface area contributed by atoms with E-state index in [9.17, 15) is 0 Å². The molecule has 0 bridgehead atoms. The Morgan fingerprint density at radius 2 is 1.80 bits per heavy atom. The van der Waals surface area contributed by atoms with Crippen molar-refractivity contribution in [1.29, 1.82) is 0 Å². The van der Waals surface area contributed by atoms with E-state index >= 15 is 0 Å². The highest BCUT2D eigenvalue weighted by Crippen LogP contribution is 2.04. The fraction of sp³-hybridized carbons (Fsp3) is 0.800. The number of allylic oxidation sites excluding steroid dienone is 2. The first kappa shape index (κ1) is 9.74. The van der Waals surface area contributed by atoms with E-state index in [1.54, 1.807) is 0 Å². The maximum atomic E-state index is 3.03. The summed E-state index contributed by atoms with van der Waals surface area (Å²) >= 11 is 0. The van der Waals surface area contributed by atoms with Crippen molar-refractivity contribution in [2.45, 2.75) is 52.4 Å². The predicted octanol–water partition coefficient (Wildman–Crippen LogP) is 3.73. The Kier molecular flexibility index (Phi) is 8.51. The second-order valence-corrected chi connectivity index (χ2v) is 2.70. The van der Waals surface area contributed by atoms with Crippen LogP contribution >= 0.6 is 0 Å². The zero-order valence-electron chi connectivity index (χ0n) is 7.32. The number of rotatable bonds is 6. The van der Waals surface area contributed by atoms with Gasteiger partial charge in [-0.3, -0.25) is 0 Å². The van der Waals surface area contributed by atoms with Crippen LogP contribution in [0, 0.1) is 6.08 Å². The lowest BCUT2D eigenvalue weighted by atomic mass is 10.1. The smallest absolute Gasteiger partial charge is 0.0345 e. The van der Waals surface area contributed by atoms with Gasteiger partial charge in [-0.25, -0.2) is 0 Å². The molecule has 0 amide bonds. The second kappa shape index (κ2) is 8.74. The quantitative estimate of drug-likeness (QED) is 0.492. The van der Waals surface area contributed by atoms with Crippen molar-refractivity contribution in [2.24, 2.45) is 0 Å². The summed E-state index contributed by atoms with van der Waals surface area (Å²) in [4.78, 5) is 0. The Bertz CT molecular complexity index is 72.1. The first-order chi connectivity index (χ1) is 4.91. The molecule has 0 saturated heterocycles. The Hall–Kier alpha value is -0.260. The molecular formula is C10H19. The van der Waals surface area contributed by atoms with E-state index in [0.717, 1.165) is 0 Å². The van der Waals surface area contributed by atoms with Crippen molar-refractivity contribution < 1.29 is 0 Å². The van der Waals surface area contributed by atoms with Crippen LogP contribution in [0.15, 0.2) is 6.08 Å². The summed E-state index contributed by atoms with van der Waals surface area (Å²) in [6.45, 7) is 4.21. The summed E-state index contributed by atoms with van der Waals surface area (Å²) < 4.78 is 0. The van der Waals surface area contributed by atoms with Gasteiger partial charge in [0.2, 0.25) is 0 Å². The van der Waals surface area contributed by atoms with Gasteiger partial charge in [-0.1, -0.05) is 44.8 Å². The monoisotopic (exact) mass is 139 g/mol. The molecule has 0 aromatic carbocycles. The first-order valence-electron chi connectivity index (χ1n) is 4.40. The third-order valence-corrected chi connectivity index (χ3v) is 1.66. The SMILES string of the molecule is C/[C]=C\CCCCCCC. The predicted molar refractivity (Wildman–Crippen MR) is 46.9 cm³/mol. The average Bonchev–Trinajstić information content (AvgIpc) is 1.97. The molecule has 0 N–H and O–H groups in total. The largest absolute Gasteiger partial charge is 0.0813 e. The standard InChI is InChI=1S/C10H19/c1-3-5-7-9-10-8-6-4-2/h6H,3,5,7-10H2,1-2H3. The van der Waals surface area contributed by atoms with Crippen molar-refractivity contribution in [3.05, 3.63) is 12.2 Å². The zero-order chi connectivity index (χ0) is 7.66. The molecule has 59 valence electrons. The summed E-state index contributed by atoms with van der Waals surface area (Å²) in [5, 5.41) is 0. The van der Waals surface area contributed by atoms with Crippen LogP contribution in [0.25, 0.3) is 0 Å². The summed E-state index contributed by atoms with van der Waals surface area (Å²) in [6.07, 6.45) is 13.3. The molecule has 0 spiro atoms. The van der Waals surface area contributed by atoms with E-state index in [1.807, 2.05) is 6.92 Å². The van der Waals surface area contributed by atoms with Gasteiger partial charge in [-0.05, 0) is 19.8 Å². The van der Waals surface area contributed by atoms with Gasteiger partial charge in [0.05, 0.1) is 0 Å². The van der Waals surface area contributed by atoms with Gasteiger partial charge in [-0.15, -0.1) is 0 Å². The second-order valence-electron chi connectivity index (χ2n) is 2.70. The average molecular weight is 139 g/mol. The summed E-state index contributed by atoms with van der Waals surface area (Å²) in [6, 6.07) is 0. The molecule has 0 saturated carbocycles. The van der Waals surface area contributed by atoms with Crippen LogP contribution in [0.5, 0.6) is 0 Å². The van der Waals surface area contributed by atoms with Crippen LogP contribution in [0.2, 0.25) is 0 Å². The van der Waals surface area contributed by atoms with Gasteiger partial charge < -0.3 is 0 Å². The number of hydrogen-bond donors (Lipinski definition) is 0. The highest BCUT2D eigenvalue weighted by Gasteiger charge is 1.85. The van der Waals surface area contributed by atoms with Gasteiger partial charge in [0.25, 0.3) is 0 Å². The van der Waals surface area contributed by atoms with Crippen molar-refractivity contribution in [3.63, 3.8) is 0 Å². The van der Waals surface area contributed by atoms with E-state index in [2.05, 4.69) is 19.1 Å². The molecule has 0 heterocycles. The molecule has 0 rings (SSSR count). The molecule has 0 aliphatic heterocycles. The van der Waals surface area contributed by atoms with Crippen LogP contribution in [-0.2, 0) is 0 Å². The van der Waals surface area contributed by atoms with Gasteiger partial charge in [0, 0.05) is 0 Å². The lowest BCUT2D eigenvalue weighted by Crippen LogP contribution is -1.75. The fourth-order valence-electron chi connectivity index (χ4n) is 0.994. The molecule has 0 atom stereocenters. The van der Waals surface area contributed by atoms with Crippen molar-refractivity contribution in [3.8, 4) is 0 Å².